The molecule has 1 saturated carbocycles. The van der Waals surface area contributed by atoms with Crippen molar-refractivity contribution in [2.24, 2.45) is 11.8 Å². The molecule has 1 aromatic carbocycles. The minimum absolute atomic E-state index is 0.0897. The Balaban J connectivity index is 0.947. The first-order chi connectivity index (χ1) is 22.8. The van der Waals surface area contributed by atoms with Gasteiger partial charge in [0.15, 0.2) is 0 Å². The van der Waals surface area contributed by atoms with Gasteiger partial charge in [-0.3, -0.25) is 39.1 Å². The molecule has 0 spiro atoms. The molecule has 0 radical (unpaired) electrons. The number of carbonyl (C=O) groups is 5. The highest BCUT2D eigenvalue weighted by atomic mass is 16.2. The number of piperazine rings is 1. The third-order valence-electron chi connectivity index (χ3n) is 10.3. The number of imide groups is 2. The normalized spacial score (nSPS) is 21.4. The molecular formula is C35H45N7O5. The summed E-state index contributed by atoms with van der Waals surface area (Å²) >= 11 is 0. The Labute approximate surface area is 275 Å². The summed E-state index contributed by atoms with van der Waals surface area (Å²) in [7, 11) is 0. The molecule has 12 heteroatoms. The lowest BCUT2D eigenvalue weighted by molar-refractivity contribution is -0.139. The van der Waals surface area contributed by atoms with Gasteiger partial charge >= 0.3 is 0 Å². The van der Waals surface area contributed by atoms with Gasteiger partial charge in [-0.25, -0.2) is 4.98 Å². The summed E-state index contributed by atoms with van der Waals surface area (Å²) in [6, 6.07) is 8.60. The fourth-order valence-corrected chi connectivity index (χ4v) is 7.42. The average molecular weight is 644 g/mol. The molecule has 6 rings (SSSR count). The molecule has 2 N–H and O–H groups in total. The van der Waals surface area contributed by atoms with Crippen molar-refractivity contribution in [2.45, 2.75) is 64.3 Å². The zero-order chi connectivity index (χ0) is 32.9. The van der Waals surface area contributed by atoms with Crippen LogP contribution in [0.15, 0.2) is 36.5 Å². The first kappa shape index (κ1) is 32.6. The van der Waals surface area contributed by atoms with Crippen LogP contribution in [-0.2, 0) is 19.2 Å². The van der Waals surface area contributed by atoms with E-state index in [-0.39, 0.29) is 24.7 Å². The summed E-state index contributed by atoms with van der Waals surface area (Å²) in [6.45, 7) is 8.62. The number of nitrogens with one attached hydrogen (secondary N) is 2. The molecule has 1 aromatic heterocycles. The quantitative estimate of drug-likeness (QED) is 0.312. The van der Waals surface area contributed by atoms with Crippen LogP contribution >= 0.6 is 0 Å². The molecule has 1 unspecified atom stereocenters. The van der Waals surface area contributed by atoms with E-state index in [0.29, 0.717) is 23.7 Å². The highest BCUT2D eigenvalue weighted by molar-refractivity contribution is 6.07. The second kappa shape index (κ2) is 14.6. The molecule has 1 atom stereocenters. The predicted molar refractivity (Wildman–Crippen MR) is 178 cm³/mol. The van der Waals surface area contributed by atoms with Crippen molar-refractivity contribution in [3.63, 3.8) is 0 Å². The number of carbonyl (C=O) groups excluding carboxylic acids is 5. The van der Waals surface area contributed by atoms with E-state index in [0.717, 1.165) is 106 Å². The summed E-state index contributed by atoms with van der Waals surface area (Å²) in [5.41, 5.74) is 3.24. The van der Waals surface area contributed by atoms with Crippen LogP contribution in [0, 0.1) is 18.8 Å². The van der Waals surface area contributed by atoms with E-state index in [1.807, 2.05) is 31.3 Å². The molecular weight excluding hydrogens is 598 g/mol. The standard InChI is InChI=1S/C35H45N7O5/c1-24-20-27(6-8-29(24)35(47)42(23-43)30-9-11-32(44)38-34(30)46)41-18-16-39(17-19-41)22-25-12-14-40(15-13-25)28-7-10-31(36-21-28)37-33(45)26-4-2-3-5-26/h6-8,10,20-21,23,25-26,30H,2-5,9,11-19,22H2,1H3,(H,36,37,45)(H,38,44,46). The first-order valence-electron chi connectivity index (χ1n) is 17.0. The molecule has 4 fully saturated rings. The lowest BCUT2D eigenvalue weighted by Crippen LogP contribution is -2.54. The number of amides is 5. The zero-order valence-corrected chi connectivity index (χ0v) is 27.2. The average Bonchev–Trinajstić information content (AvgIpc) is 3.63. The van der Waals surface area contributed by atoms with Crippen LogP contribution in [0.25, 0.3) is 0 Å². The summed E-state index contributed by atoms with van der Waals surface area (Å²) < 4.78 is 0. The number of nitrogens with zero attached hydrogens (tertiary/aromatic N) is 5. The van der Waals surface area contributed by atoms with Gasteiger partial charge in [0, 0.05) is 69.4 Å². The molecule has 250 valence electrons. The smallest absolute Gasteiger partial charge is 0.261 e. The van der Waals surface area contributed by atoms with Crippen molar-refractivity contribution < 1.29 is 24.0 Å². The molecule has 3 aliphatic heterocycles. The van der Waals surface area contributed by atoms with Crippen molar-refractivity contribution >= 4 is 47.2 Å². The topological polar surface area (TPSA) is 135 Å². The van der Waals surface area contributed by atoms with Gasteiger partial charge < -0.3 is 15.1 Å². The zero-order valence-electron chi connectivity index (χ0n) is 27.2. The van der Waals surface area contributed by atoms with Crippen LogP contribution in [0.1, 0.15) is 67.3 Å². The van der Waals surface area contributed by atoms with Crippen molar-refractivity contribution in [2.75, 3.05) is 60.9 Å². The number of hydrogen-bond donors (Lipinski definition) is 2. The summed E-state index contributed by atoms with van der Waals surface area (Å²) in [5.74, 6) is -0.0482. The van der Waals surface area contributed by atoms with Crippen molar-refractivity contribution in [1.82, 2.24) is 20.1 Å². The minimum Gasteiger partial charge on any atom is -0.370 e. The van der Waals surface area contributed by atoms with E-state index in [1.165, 1.54) is 0 Å². The van der Waals surface area contributed by atoms with Crippen molar-refractivity contribution in [3.05, 3.63) is 47.7 Å². The number of hydrogen-bond acceptors (Lipinski definition) is 9. The molecule has 0 bridgehead atoms. The maximum Gasteiger partial charge on any atom is 0.261 e. The number of anilines is 3. The second-order valence-corrected chi connectivity index (χ2v) is 13.4. The highest BCUT2D eigenvalue weighted by Crippen LogP contribution is 2.28. The molecule has 4 heterocycles. The van der Waals surface area contributed by atoms with Gasteiger partial charge in [-0.1, -0.05) is 12.8 Å². The van der Waals surface area contributed by atoms with Crippen LogP contribution in [0.3, 0.4) is 0 Å². The molecule has 47 heavy (non-hydrogen) atoms. The molecule has 12 nitrogen and oxygen atoms in total. The number of pyridine rings is 1. The van der Waals surface area contributed by atoms with Crippen LogP contribution in [0.4, 0.5) is 17.2 Å². The van der Waals surface area contributed by atoms with E-state index >= 15 is 0 Å². The van der Waals surface area contributed by atoms with E-state index in [9.17, 15) is 24.0 Å². The monoisotopic (exact) mass is 643 g/mol. The number of aryl methyl sites for hydroxylation is 1. The van der Waals surface area contributed by atoms with Gasteiger partial charge in [0.25, 0.3) is 5.91 Å². The Bertz CT molecular complexity index is 1480. The van der Waals surface area contributed by atoms with Gasteiger partial charge in [0.2, 0.25) is 24.1 Å². The van der Waals surface area contributed by atoms with Gasteiger partial charge in [-0.05, 0) is 80.8 Å². The third kappa shape index (κ3) is 7.64. The number of piperidine rings is 2. The maximum absolute atomic E-state index is 13.2. The maximum atomic E-state index is 13.2. The van der Waals surface area contributed by atoms with E-state index in [2.05, 4.69) is 36.4 Å². The first-order valence-corrected chi connectivity index (χ1v) is 17.0. The van der Waals surface area contributed by atoms with E-state index in [4.69, 9.17) is 0 Å². The fourth-order valence-electron chi connectivity index (χ4n) is 7.42. The summed E-state index contributed by atoms with van der Waals surface area (Å²) in [4.78, 5) is 73.9. The van der Waals surface area contributed by atoms with Crippen LogP contribution in [-0.4, -0.2) is 96.7 Å². The van der Waals surface area contributed by atoms with E-state index in [1.54, 1.807) is 6.07 Å². The van der Waals surface area contributed by atoms with Gasteiger partial charge in [0.05, 0.1) is 11.9 Å². The predicted octanol–water partition coefficient (Wildman–Crippen LogP) is 2.96. The van der Waals surface area contributed by atoms with Gasteiger partial charge in [-0.2, -0.15) is 0 Å². The van der Waals surface area contributed by atoms with E-state index < -0.39 is 23.8 Å². The minimum atomic E-state index is -0.984. The Hall–Kier alpha value is -4.32. The summed E-state index contributed by atoms with van der Waals surface area (Å²) in [5, 5.41) is 5.20. The third-order valence-corrected chi connectivity index (χ3v) is 10.3. The van der Waals surface area contributed by atoms with Crippen LogP contribution in [0.2, 0.25) is 0 Å². The molecule has 3 saturated heterocycles. The highest BCUT2D eigenvalue weighted by Gasteiger charge is 2.35. The second-order valence-electron chi connectivity index (χ2n) is 13.4. The van der Waals surface area contributed by atoms with Crippen molar-refractivity contribution in [1.29, 1.82) is 0 Å². The Morgan fingerprint density at radius 1 is 0.936 bits per heavy atom. The SMILES string of the molecule is Cc1cc(N2CCN(CC3CCN(c4ccc(NC(=O)C5CCCC5)nc4)CC3)CC2)ccc1C(=O)N(C=O)C1CCC(=O)NC1=O. The lowest BCUT2D eigenvalue weighted by atomic mass is 9.95. The van der Waals surface area contributed by atoms with Crippen LogP contribution in [0.5, 0.6) is 0 Å². The van der Waals surface area contributed by atoms with Crippen molar-refractivity contribution in [3.8, 4) is 0 Å². The number of rotatable bonds is 9. The Morgan fingerprint density at radius 3 is 2.28 bits per heavy atom. The number of benzene rings is 1. The van der Waals surface area contributed by atoms with Crippen LogP contribution < -0.4 is 20.4 Å². The fraction of sp³-hybridized carbons (Fsp3) is 0.543. The Morgan fingerprint density at radius 2 is 1.64 bits per heavy atom. The number of aromatic nitrogens is 1. The lowest BCUT2D eigenvalue weighted by Gasteiger charge is -2.40. The Kier molecular flexibility index (Phi) is 10.1. The van der Waals surface area contributed by atoms with Gasteiger partial charge in [0.1, 0.15) is 11.9 Å². The molecule has 5 amide bonds. The molecule has 4 aliphatic rings. The largest absolute Gasteiger partial charge is 0.370 e. The molecule has 1 aliphatic carbocycles. The summed E-state index contributed by atoms with van der Waals surface area (Å²) in [6.07, 6.45) is 8.97. The van der Waals surface area contributed by atoms with Gasteiger partial charge in [-0.15, -0.1) is 0 Å². The molecule has 2 aromatic rings.